The molecule has 1 aromatic carbocycles. The summed E-state index contributed by atoms with van der Waals surface area (Å²) >= 11 is 2.26. The first-order chi connectivity index (χ1) is 10.2. The van der Waals surface area contributed by atoms with E-state index in [0.717, 1.165) is 21.9 Å². The van der Waals surface area contributed by atoms with Crippen LogP contribution in [-0.4, -0.2) is 16.3 Å². The van der Waals surface area contributed by atoms with E-state index in [2.05, 4.69) is 22.6 Å². The van der Waals surface area contributed by atoms with Crippen LogP contribution in [0.4, 0.5) is 0 Å². The Kier molecular flexibility index (Phi) is 3.37. The zero-order chi connectivity index (χ0) is 14.4. The second-order valence-corrected chi connectivity index (χ2v) is 7.50. The fraction of sp³-hybridized carbons (Fsp3) is 0.562. The average molecular weight is 399 g/mol. The molecular weight excluding hydrogens is 381 g/mol. The Hall–Kier alpha value is -0.820. The normalized spacial score (nSPS) is 24.3. The summed E-state index contributed by atoms with van der Waals surface area (Å²) in [5.74, 6) is -0.275. The fourth-order valence-corrected chi connectivity index (χ4v) is 4.30. The van der Waals surface area contributed by atoms with E-state index in [0.29, 0.717) is 12.1 Å². The summed E-state index contributed by atoms with van der Waals surface area (Å²) < 4.78 is 14.5. The second kappa shape index (κ2) is 5.12. The van der Waals surface area contributed by atoms with E-state index in [1.807, 2.05) is 18.2 Å². The largest absolute Gasteiger partial charge is 0.420 e. The summed E-state index contributed by atoms with van der Waals surface area (Å²) in [6.07, 6.45) is 7.24. The van der Waals surface area contributed by atoms with Gasteiger partial charge in [-0.3, -0.25) is 4.57 Å². The smallest absolute Gasteiger partial charge is 0.408 e. The lowest BCUT2D eigenvalue weighted by atomic mass is 9.98. The molecule has 5 heteroatoms. The number of oxazole rings is 1. The maximum Gasteiger partial charge on any atom is 0.420 e. The van der Waals surface area contributed by atoms with E-state index in [4.69, 9.17) is 9.15 Å². The van der Waals surface area contributed by atoms with Crippen LogP contribution >= 0.6 is 22.6 Å². The van der Waals surface area contributed by atoms with Gasteiger partial charge in [0, 0.05) is 3.57 Å². The number of hydrogen-bond donors (Lipinski definition) is 0. The van der Waals surface area contributed by atoms with Crippen molar-refractivity contribution >= 4 is 33.7 Å². The fourth-order valence-electron chi connectivity index (χ4n) is 3.82. The molecule has 1 saturated heterocycles. The van der Waals surface area contributed by atoms with Crippen LogP contribution in [0, 0.1) is 3.57 Å². The van der Waals surface area contributed by atoms with Gasteiger partial charge in [0.15, 0.2) is 5.58 Å². The highest BCUT2D eigenvalue weighted by atomic mass is 127. The van der Waals surface area contributed by atoms with Crippen molar-refractivity contribution in [3.05, 3.63) is 32.3 Å². The number of halogens is 1. The van der Waals surface area contributed by atoms with Crippen LogP contribution in [0.1, 0.15) is 38.5 Å². The Bertz CT molecular complexity index is 727. The molecule has 2 fully saturated rings. The Morgan fingerprint density at radius 2 is 2.10 bits per heavy atom. The molecule has 1 aliphatic heterocycles. The van der Waals surface area contributed by atoms with Crippen LogP contribution in [-0.2, 0) is 11.3 Å². The number of rotatable bonds is 2. The molecule has 2 heterocycles. The van der Waals surface area contributed by atoms with E-state index in [1.165, 1.54) is 25.7 Å². The number of hydrogen-bond acceptors (Lipinski definition) is 3. The second-order valence-electron chi connectivity index (χ2n) is 6.26. The van der Waals surface area contributed by atoms with Gasteiger partial charge < -0.3 is 9.15 Å². The number of ether oxygens (including phenoxy) is 1. The zero-order valence-electron chi connectivity index (χ0n) is 11.8. The highest BCUT2D eigenvalue weighted by Gasteiger charge is 2.42. The molecule has 4 nitrogen and oxygen atoms in total. The SMILES string of the molecule is O=c1oc2ccc(I)cc2n1CC1CCC2(CCCC2)O1. The predicted octanol–water partition coefficient (Wildman–Crippen LogP) is 3.69. The first-order valence-electron chi connectivity index (χ1n) is 7.62. The zero-order valence-corrected chi connectivity index (χ0v) is 14.0. The third-order valence-electron chi connectivity index (χ3n) is 4.87. The summed E-state index contributed by atoms with van der Waals surface area (Å²) in [4.78, 5) is 12.1. The lowest BCUT2D eigenvalue weighted by molar-refractivity contribution is -0.0420. The molecule has 21 heavy (non-hydrogen) atoms. The van der Waals surface area contributed by atoms with Gasteiger partial charge in [-0.05, 0) is 66.5 Å². The van der Waals surface area contributed by atoms with Gasteiger partial charge in [-0.25, -0.2) is 4.79 Å². The number of fused-ring (bicyclic) bond motifs is 1. The van der Waals surface area contributed by atoms with Gasteiger partial charge in [0.05, 0.1) is 23.8 Å². The van der Waals surface area contributed by atoms with E-state index in [9.17, 15) is 4.79 Å². The van der Waals surface area contributed by atoms with Crippen LogP contribution in [0.5, 0.6) is 0 Å². The highest BCUT2D eigenvalue weighted by molar-refractivity contribution is 14.1. The van der Waals surface area contributed by atoms with Crippen molar-refractivity contribution in [2.75, 3.05) is 0 Å². The van der Waals surface area contributed by atoms with Crippen LogP contribution in [0.15, 0.2) is 27.4 Å². The number of nitrogens with zero attached hydrogens (tertiary/aromatic N) is 1. The first kappa shape index (κ1) is 13.8. The molecule has 0 radical (unpaired) electrons. The van der Waals surface area contributed by atoms with E-state index < -0.39 is 0 Å². The minimum atomic E-state index is -0.275. The molecule has 1 aromatic heterocycles. The third-order valence-corrected chi connectivity index (χ3v) is 5.54. The topological polar surface area (TPSA) is 44.4 Å². The molecule has 0 N–H and O–H groups in total. The minimum Gasteiger partial charge on any atom is -0.408 e. The monoisotopic (exact) mass is 399 g/mol. The summed E-state index contributed by atoms with van der Waals surface area (Å²) in [6, 6.07) is 5.82. The Morgan fingerprint density at radius 3 is 2.90 bits per heavy atom. The molecule has 1 unspecified atom stereocenters. The quantitative estimate of drug-likeness (QED) is 0.724. The molecule has 1 saturated carbocycles. The molecule has 1 atom stereocenters. The van der Waals surface area contributed by atoms with Gasteiger partial charge in [0.2, 0.25) is 0 Å². The minimum absolute atomic E-state index is 0.113. The van der Waals surface area contributed by atoms with Crippen molar-refractivity contribution in [2.24, 2.45) is 0 Å². The van der Waals surface area contributed by atoms with E-state index >= 15 is 0 Å². The number of benzene rings is 1. The maximum absolute atomic E-state index is 12.1. The molecule has 0 amide bonds. The van der Waals surface area contributed by atoms with Crippen molar-refractivity contribution < 1.29 is 9.15 Å². The van der Waals surface area contributed by atoms with Crippen LogP contribution in [0.3, 0.4) is 0 Å². The molecule has 112 valence electrons. The molecule has 1 aliphatic carbocycles. The first-order valence-corrected chi connectivity index (χ1v) is 8.70. The predicted molar refractivity (Wildman–Crippen MR) is 88.5 cm³/mol. The summed E-state index contributed by atoms with van der Waals surface area (Å²) in [6.45, 7) is 0.605. The van der Waals surface area contributed by atoms with E-state index in [1.54, 1.807) is 4.57 Å². The lowest BCUT2D eigenvalue weighted by Gasteiger charge is -2.23. The molecule has 0 bridgehead atoms. The van der Waals surface area contributed by atoms with Gasteiger partial charge >= 0.3 is 5.76 Å². The van der Waals surface area contributed by atoms with Crippen LogP contribution in [0.25, 0.3) is 11.1 Å². The van der Waals surface area contributed by atoms with Crippen molar-refractivity contribution in [3.63, 3.8) is 0 Å². The lowest BCUT2D eigenvalue weighted by Crippen LogP contribution is -2.28. The van der Waals surface area contributed by atoms with Crippen LogP contribution in [0.2, 0.25) is 0 Å². The van der Waals surface area contributed by atoms with Gasteiger partial charge in [0.25, 0.3) is 0 Å². The summed E-state index contributed by atoms with van der Waals surface area (Å²) in [5.41, 5.74) is 1.65. The van der Waals surface area contributed by atoms with Crippen molar-refractivity contribution in [1.29, 1.82) is 0 Å². The Labute approximate surface area is 136 Å². The molecule has 1 spiro atoms. The molecule has 4 rings (SSSR count). The van der Waals surface area contributed by atoms with Crippen LogP contribution < -0.4 is 5.76 Å². The standard InChI is InChI=1S/C16H18INO3/c17-11-3-4-14-13(9-11)18(15(19)20-14)10-12-5-8-16(21-12)6-1-2-7-16/h3-4,9,12H,1-2,5-8,10H2. The highest BCUT2D eigenvalue weighted by Crippen LogP contribution is 2.43. The van der Waals surface area contributed by atoms with Gasteiger partial charge in [-0.15, -0.1) is 0 Å². The molecule has 2 aromatic rings. The van der Waals surface area contributed by atoms with Gasteiger partial charge in [-0.1, -0.05) is 12.8 Å². The Morgan fingerprint density at radius 1 is 1.29 bits per heavy atom. The maximum atomic E-state index is 12.1. The van der Waals surface area contributed by atoms with Gasteiger partial charge in [-0.2, -0.15) is 0 Å². The average Bonchev–Trinajstić information content (AvgIpc) is 3.15. The third kappa shape index (κ3) is 2.44. The van der Waals surface area contributed by atoms with Crippen molar-refractivity contribution in [2.45, 2.75) is 56.8 Å². The number of aromatic nitrogens is 1. The van der Waals surface area contributed by atoms with Gasteiger partial charge in [0.1, 0.15) is 0 Å². The van der Waals surface area contributed by atoms with Crippen molar-refractivity contribution in [1.82, 2.24) is 4.57 Å². The Balaban J connectivity index is 1.61. The molecular formula is C16H18INO3. The summed E-state index contributed by atoms with van der Waals surface area (Å²) in [7, 11) is 0. The summed E-state index contributed by atoms with van der Waals surface area (Å²) in [5, 5.41) is 0. The molecule has 2 aliphatic rings. The van der Waals surface area contributed by atoms with Crippen molar-refractivity contribution in [3.8, 4) is 0 Å². The van der Waals surface area contributed by atoms with E-state index in [-0.39, 0.29) is 17.5 Å².